The molecule has 2 aromatic carbocycles. The van der Waals surface area contributed by atoms with Gasteiger partial charge in [-0.1, -0.05) is 30.3 Å². The lowest BCUT2D eigenvalue weighted by Crippen LogP contribution is -2.16. The fourth-order valence-electron chi connectivity index (χ4n) is 2.00. The van der Waals surface area contributed by atoms with Gasteiger partial charge in [-0.15, -0.1) is 0 Å². The Kier molecular flexibility index (Phi) is 4.29. The Morgan fingerprint density at radius 3 is 2.47 bits per heavy atom. The molecule has 0 radical (unpaired) electrons. The van der Waals surface area contributed by atoms with Gasteiger partial charge in [-0.2, -0.15) is 0 Å². The third-order valence-corrected chi connectivity index (χ3v) is 2.99. The van der Waals surface area contributed by atoms with Crippen LogP contribution in [-0.2, 0) is 6.54 Å². The number of phenols is 1. The monoisotopic (exact) mass is 257 g/mol. The number of aromatic hydroxyl groups is 1. The second-order valence-electron chi connectivity index (χ2n) is 4.39. The maximum Gasteiger partial charge on any atom is 0.162 e. The normalized spacial score (nSPS) is 10.2. The summed E-state index contributed by atoms with van der Waals surface area (Å²) in [7, 11) is 2.00. The molecule has 0 aromatic heterocycles. The maximum atomic E-state index is 10.2. The summed E-state index contributed by atoms with van der Waals surface area (Å²) in [5.74, 6) is 0.772. The van der Waals surface area contributed by atoms with E-state index in [1.807, 2.05) is 56.4 Å². The Labute approximate surface area is 114 Å². The predicted molar refractivity (Wildman–Crippen MR) is 77.8 cm³/mol. The first-order valence-electron chi connectivity index (χ1n) is 6.42. The highest BCUT2D eigenvalue weighted by atomic mass is 16.5. The van der Waals surface area contributed by atoms with Crippen molar-refractivity contribution in [3.05, 3.63) is 54.1 Å². The molecule has 3 heteroatoms. The zero-order valence-corrected chi connectivity index (χ0v) is 11.3. The van der Waals surface area contributed by atoms with Crippen LogP contribution in [0.15, 0.2) is 48.5 Å². The van der Waals surface area contributed by atoms with Gasteiger partial charge in [0.15, 0.2) is 11.5 Å². The fourth-order valence-corrected chi connectivity index (χ4v) is 2.00. The first-order chi connectivity index (χ1) is 9.22. The highest BCUT2D eigenvalue weighted by Crippen LogP contribution is 2.31. The van der Waals surface area contributed by atoms with E-state index >= 15 is 0 Å². The fraction of sp³-hybridized carbons (Fsp3) is 0.250. The first kappa shape index (κ1) is 13.3. The molecule has 0 aliphatic heterocycles. The summed E-state index contributed by atoms with van der Waals surface area (Å²) in [6.45, 7) is 3.09. The van der Waals surface area contributed by atoms with Crippen molar-refractivity contribution < 1.29 is 9.84 Å². The Bertz CT molecular complexity index is 526. The smallest absolute Gasteiger partial charge is 0.162 e. The average Bonchev–Trinajstić information content (AvgIpc) is 2.44. The van der Waals surface area contributed by atoms with Crippen molar-refractivity contribution in [3.8, 4) is 11.5 Å². The molecule has 2 rings (SSSR count). The van der Waals surface area contributed by atoms with E-state index in [9.17, 15) is 5.11 Å². The van der Waals surface area contributed by atoms with Crippen LogP contribution in [0.5, 0.6) is 11.5 Å². The molecule has 1 N–H and O–H groups in total. The molecule has 0 unspecified atom stereocenters. The van der Waals surface area contributed by atoms with E-state index in [1.165, 1.54) is 0 Å². The molecule has 3 nitrogen and oxygen atoms in total. The van der Waals surface area contributed by atoms with E-state index in [0.29, 0.717) is 18.9 Å². The van der Waals surface area contributed by atoms with E-state index in [1.54, 1.807) is 6.07 Å². The van der Waals surface area contributed by atoms with Gasteiger partial charge in [-0.25, -0.2) is 0 Å². The Balaban J connectivity index is 2.17. The zero-order valence-electron chi connectivity index (χ0n) is 11.3. The van der Waals surface area contributed by atoms with Crippen LogP contribution in [0.1, 0.15) is 12.5 Å². The predicted octanol–water partition coefficient (Wildman–Crippen LogP) is 3.43. The minimum atomic E-state index is 0.229. The summed E-state index contributed by atoms with van der Waals surface area (Å²) in [6.07, 6.45) is 0. The van der Waals surface area contributed by atoms with Crippen LogP contribution in [-0.4, -0.2) is 18.8 Å². The Morgan fingerprint density at radius 1 is 1.05 bits per heavy atom. The third-order valence-electron chi connectivity index (χ3n) is 2.99. The number of benzene rings is 2. The number of nitrogens with zero attached hydrogens (tertiary/aromatic N) is 1. The molecule has 19 heavy (non-hydrogen) atoms. The molecule has 0 heterocycles. The van der Waals surface area contributed by atoms with Gasteiger partial charge in [0, 0.05) is 24.8 Å². The van der Waals surface area contributed by atoms with Crippen molar-refractivity contribution in [1.82, 2.24) is 0 Å². The van der Waals surface area contributed by atoms with Crippen LogP contribution in [0.4, 0.5) is 5.69 Å². The van der Waals surface area contributed by atoms with Crippen LogP contribution in [0.25, 0.3) is 0 Å². The quantitative estimate of drug-likeness (QED) is 0.890. The minimum absolute atomic E-state index is 0.229. The van der Waals surface area contributed by atoms with Gasteiger partial charge < -0.3 is 14.7 Å². The molecule has 0 fully saturated rings. The van der Waals surface area contributed by atoms with Gasteiger partial charge in [0.05, 0.1) is 6.61 Å². The van der Waals surface area contributed by atoms with Gasteiger partial charge in [0.1, 0.15) is 0 Å². The highest BCUT2D eigenvalue weighted by Gasteiger charge is 2.10. The molecule has 0 spiro atoms. The van der Waals surface area contributed by atoms with Crippen molar-refractivity contribution in [2.75, 3.05) is 18.6 Å². The lowest BCUT2D eigenvalue weighted by Gasteiger charge is -2.20. The summed E-state index contributed by atoms with van der Waals surface area (Å²) in [5, 5.41) is 10.2. The molecule has 0 amide bonds. The van der Waals surface area contributed by atoms with E-state index in [4.69, 9.17) is 4.74 Å². The van der Waals surface area contributed by atoms with Crippen molar-refractivity contribution in [1.29, 1.82) is 0 Å². The lowest BCUT2D eigenvalue weighted by molar-refractivity contribution is 0.316. The second kappa shape index (κ2) is 6.14. The molecule has 100 valence electrons. The third kappa shape index (κ3) is 3.19. The number of anilines is 1. The number of ether oxygens (including phenoxy) is 1. The first-order valence-corrected chi connectivity index (χ1v) is 6.42. The summed E-state index contributed by atoms with van der Waals surface area (Å²) < 4.78 is 5.40. The number of phenolic OH excluding ortho intramolecular Hbond substituents is 1. The molecular formula is C16H19NO2. The van der Waals surface area contributed by atoms with Gasteiger partial charge in [-0.05, 0) is 25.1 Å². The van der Waals surface area contributed by atoms with E-state index in [2.05, 4.69) is 4.90 Å². The molecule has 0 saturated carbocycles. The van der Waals surface area contributed by atoms with Crippen molar-refractivity contribution in [2.24, 2.45) is 0 Å². The van der Waals surface area contributed by atoms with Crippen molar-refractivity contribution in [2.45, 2.75) is 13.5 Å². The number of hydrogen-bond donors (Lipinski definition) is 1. The molecule has 0 aliphatic carbocycles. The molecule has 2 aromatic rings. The molecular weight excluding hydrogens is 238 g/mol. The minimum Gasteiger partial charge on any atom is -0.504 e. The molecule has 0 saturated heterocycles. The van der Waals surface area contributed by atoms with Crippen LogP contribution >= 0.6 is 0 Å². The second-order valence-corrected chi connectivity index (χ2v) is 4.39. The van der Waals surface area contributed by atoms with Crippen molar-refractivity contribution in [3.63, 3.8) is 0 Å². The standard InChI is InChI=1S/C16H19NO2/c1-3-19-15-11-7-8-13(16(15)18)12-17(2)14-9-5-4-6-10-14/h4-11,18H,3,12H2,1-2H3. The summed E-state index contributed by atoms with van der Waals surface area (Å²) >= 11 is 0. The largest absolute Gasteiger partial charge is 0.504 e. The summed E-state index contributed by atoms with van der Waals surface area (Å²) in [6, 6.07) is 15.7. The van der Waals surface area contributed by atoms with E-state index in [-0.39, 0.29) is 5.75 Å². The number of para-hydroxylation sites is 2. The summed E-state index contributed by atoms with van der Waals surface area (Å²) in [5.41, 5.74) is 1.97. The number of rotatable bonds is 5. The van der Waals surface area contributed by atoms with Gasteiger partial charge in [-0.3, -0.25) is 0 Å². The maximum absolute atomic E-state index is 10.2. The average molecular weight is 257 g/mol. The topological polar surface area (TPSA) is 32.7 Å². The lowest BCUT2D eigenvalue weighted by atomic mass is 10.1. The van der Waals surface area contributed by atoms with Crippen molar-refractivity contribution >= 4 is 5.69 Å². The van der Waals surface area contributed by atoms with E-state index in [0.717, 1.165) is 11.3 Å². The zero-order chi connectivity index (χ0) is 13.7. The van der Waals surface area contributed by atoms with Crippen LogP contribution in [0.3, 0.4) is 0 Å². The molecule has 0 atom stereocenters. The van der Waals surface area contributed by atoms with Crippen LogP contribution in [0, 0.1) is 0 Å². The Hall–Kier alpha value is -2.16. The van der Waals surface area contributed by atoms with Crippen LogP contribution < -0.4 is 9.64 Å². The van der Waals surface area contributed by atoms with Gasteiger partial charge in [0.2, 0.25) is 0 Å². The Morgan fingerprint density at radius 2 is 1.79 bits per heavy atom. The summed E-state index contributed by atoms with van der Waals surface area (Å²) in [4.78, 5) is 2.09. The van der Waals surface area contributed by atoms with Gasteiger partial charge >= 0.3 is 0 Å². The number of hydrogen-bond acceptors (Lipinski definition) is 3. The molecule has 0 aliphatic rings. The van der Waals surface area contributed by atoms with Crippen LogP contribution in [0.2, 0.25) is 0 Å². The molecule has 0 bridgehead atoms. The highest BCUT2D eigenvalue weighted by molar-refractivity contribution is 5.50. The SMILES string of the molecule is CCOc1cccc(CN(C)c2ccccc2)c1O. The van der Waals surface area contributed by atoms with E-state index < -0.39 is 0 Å². The van der Waals surface area contributed by atoms with Gasteiger partial charge in [0.25, 0.3) is 0 Å².